The summed E-state index contributed by atoms with van der Waals surface area (Å²) in [6.07, 6.45) is 3.75. The molecule has 0 bridgehead atoms. The molecule has 0 aromatic heterocycles. The van der Waals surface area contributed by atoms with Gasteiger partial charge in [-0.3, -0.25) is 0 Å². The van der Waals surface area contributed by atoms with Crippen molar-refractivity contribution >= 4 is 0 Å². The summed E-state index contributed by atoms with van der Waals surface area (Å²) in [6.45, 7) is 6.82. The molecule has 0 aliphatic heterocycles. The van der Waals surface area contributed by atoms with Gasteiger partial charge >= 0.3 is 0 Å². The lowest BCUT2D eigenvalue weighted by atomic mass is 9.71. The molecule has 1 saturated carbocycles. The van der Waals surface area contributed by atoms with Gasteiger partial charge in [0, 0.05) is 6.04 Å². The van der Waals surface area contributed by atoms with Crippen molar-refractivity contribution in [3.05, 3.63) is 35.4 Å². The third-order valence-corrected chi connectivity index (χ3v) is 4.39. The van der Waals surface area contributed by atoms with Crippen LogP contribution in [0.25, 0.3) is 0 Å². The van der Waals surface area contributed by atoms with Gasteiger partial charge in [0.15, 0.2) is 0 Å². The van der Waals surface area contributed by atoms with Gasteiger partial charge in [0.1, 0.15) is 0 Å². The monoisotopic (exact) mass is 231 g/mol. The van der Waals surface area contributed by atoms with E-state index in [0.29, 0.717) is 12.0 Å². The van der Waals surface area contributed by atoms with Gasteiger partial charge in [0.05, 0.1) is 0 Å². The van der Waals surface area contributed by atoms with Crippen LogP contribution >= 0.6 is 0 Å². The molecular formula is C16H25N. The fraction of sp³-hybridized carbons (Fsp3) is 0.625. The Kier molecular flexibility index (Phi) is 3.88. The van der Waals surface area contributed by atoms with E-state index >= 15 is 0 Å². The van der Waals surface area contributed by atoms with Crippen LogP contribution in [0.2, 0.25) is 0 Å². The van der Waals surface area contributed by atoms with E-state index in [1.165, 1.54) is 30.4 Å². The highest BCUT2D eigenvalue weighted by Crippen LogP contribution is 2.38. The molecule has 0 amide bonds. The van der Waals surface area contributed by atoms with Gasteiger partial charge in [-0.25, -0.2) is 0 Å². The molecule has 0 heterocycles. The summed E-state index contributed by atoms with van der Waals surface area (Å²) < 4.78 is 0. The van der Waals surface area contributed by atoms with E-state index in [4.69, 9.17) is 5.73 Å². The SMILES string of the molecule is Cc1ccc(C2CC(C(C)C)CCC2N)cc1. The number of benzene rings is 1. The molecule has 3 unspecified atom stereocenters. The minimum Gasteiger partial charge on any atom is -0.327 e. The molecule has 94 valence electrons. The number of hydrogen-bond acceptors (Lipinski definition) is 1. The normalized spacial score (nSPS) is 29.6. The Morgan fingerprint density at radius 1 is 1.12 bits per heavy atom. The van der Waals surface area contributed by atoms with Crippen LogP contribution in [0.5, 0.6) is 0 Å². The number of nitrogens with two attached hydrogens (primary N) is 1. The van der Waals surface area contributed by atoms with Crippen molar-refractivity contribution in [3.63, 3.8) is 0 Å². The van der Waals surface area contributed by atoms with E-state index in [1.807, 2.05) is 0 Å². The first-order chi connectivity index (χ1) is 8.08. The Labute approximate surface area is 105 Å². The van der Waals surface area contributed by atoms with Crippen molar-refractivity contribution in [1.82, 2.24) is 0 Å². The van der Waals surface area contributed by atoms with Crippen LogP contribution in [0, 0.1) is 18.8 Å². The molecule has 0 spiro atoms. The number of rotatable bonds is 2. The molecule has 3 atom stereocenters. The summed E-state index contributed by atoms with van der Waals surface area (Å²) >= 11 is 0. The molecule has 1 aliphatic rings. The Balaban J connectivity index is 2.15. The average molecular weight is 231 g/mol. The summed E-state index contributed by atoms with van der Waals surface area (Å²) in [6, 6.07) is 9.31. The molecular weight excluding hydrogens is 206 g/mol. The summed E-state index contributed by atoms with van der Waals surface area (Å²) in [4.78, 5) is 0. The topological polar surface area (TPSA) is 26.0 Å². The predicted molar refractivity (Wildman–Crippen MR) is 74.1 cm³/mol. The van der Waals surface area contributed by atoms with E-state index in [9.17, 15) is 0 Å². The first-order valence-corrected chi connectivity index (χ1v) is 6.90. The summed E-state index contributed by atoms with van der Waals surface area (Å²) in [7, 11) is 0. The molecule has 1 fully saturated rings. The molecule has 1 aromatic carbocycles. The quantitative estimate of drug-likeness (QED) is 0.821. The van der Waals surface area contributed by atoms with E-state index in [0.717, 1.165) is 11.8 Å². The van der Waals surface area contributed by atoms with Crippen LogP contribution in [0.15, 0.2) is 24.3 Å². The lowest BCUT2D eigenvalue weighted by Gasteiger charge is -2.36. The molecule has 17 heavy (non-hydrogen) atoms. The molecule has 2 rings (SSSR count). The maximum absolute atomic E-state index is 6.31. The zero-order valence-electron chi connectivity index (χ0n) is 11.3. The van der Waals surface area contributed by atoms with Crippen molar-refractivity contribution in [3.8, 4) is 0 Å². The third kappa shape index (κ3) is 2.90. The van der Waals surface area contributed by atoms with Crippen LogP contribution in [-0.4, -0.2) is 6.04 Å². The lowest BCUT2D eigenvalue weighted by Crippen LogP contribution is -2.35. The van der Waals surface area contributed by atoms with Crippen molar-refractivity contribution in [2.45, 2.75) is 52.0 Å². The minimum absolute atomic E-state index is 0.354. The second-order valence-electron chi connectivity index (χ2n) is 6.00. The Morgan fingerprint density at radius 3 is 2.35 bits per heavy atom. The van der Waals surface area contributed by atoms with Crippen molar-refractivity contribution in [1.29, 1.82) is 0 Å². The molecule has 1 aliphatic carbocycles. The number of hydrogen-bond donors (Lipinski definition) is 1. The van der Waals surface area contributed by atoms with E-state index in [-0.39, 0.29) is 0 Å². The summed E-state index contributed by atoms with van der Waals surface area (Å²) in [5, 5.41) is 0. The lowest BCUT2D eigenvalue weighted by molar-refractivity contribution is 0.232. The second kappa shape index (κ2) is 5.22. The van der Waals surface area contributed by atoms with E-state index < -0.39 is 0 Å². The van der Waals surface area contributed by atoms with Gasteiger partial charge in [-0.2, -0.15) is 0 Å². The number of aryl methyl sites for hydroxylation is 1. The summed E-state index contributed by atoms with van der Waals surface area (Å²) in [5.41, 5.74) is 9.08. The van der Waals surface area contributed by atoms with Crippen LogP contribution < -0.4 is 5.73 Å². The van der Waals surface area contributed by atoms with Crippen molar-refractivity contribution in [2.24, 2.45) is 17.6 Å². The van der Waals surface area contributed by atoms with Crippen LogP contribution in [0.1, 0.15) is 50.2 Å². The Morgan fingerprint density at radius 2 is 1.76 bits per heavy atom. The average Bonchev–Trinajstić information content (AvgIpc) is 2.31. The highest BCUT2D eigenvalue weighted by atomic mass is 14.7. The maximum atomic E-state index is 6.31. The van der Waals surface area contributed by atoms with Gasteiger partial charge in [-0.1, -0.05) is 43.7 Å². The summed E-state index contributed by atoms with van der Waals surface area (Å²) in [5.74, 6) is 2.20. The highest BCUT2D eigenvalue weighted by molar-refractivity contribution is 5.26. The molecule has 2 N–H and O–H groups in total. The molecule has 1 heteroatoms. The van der Waals surface area contributed by atoms with Gasteiger partial charge in [0.25, 0.3) is 0 Å². The van der Waals surface area contributed by atoms with Crippen molar-refractivity contribution in [2.75, 3.05) is 0 Å². The largest absolute Gasteiger partial charge is 0.327 e. The first kappa shape index (κ1) is 12.6. The van der Waals surface area contributed by atoms with Crippen molar-refractivity contribution < 1.29 is 0 Å². The van der Waals surface area contributed by atoms with Crippen LogP contribution in [0.3, 0.4) is 0 Å². The zero-order valence-corrected chi connectivity index (χ0v) is 11.3. The van der Waals surface area contributed by atoms with Gasteiger partial charge in [0.2, 0.25) is 0 Å². The van der Waals surface area contributed by atoms with Gasteiger partial charge in [-0.05, 0) is 49.5 Å². The Hall–Kier alpha value is -0.820. The van der Waals surface area contributed by atoms with E-state index in [1.54, 1.807) is 0 Å². The minimum atomic E-state index is 0.354. The predicted octanol–water partition coefficient (Wildman–Crippen LogP) is 3.86. The zero-order chi connectivity index (χ0) is 12.4. The smallest absolute Gasteiger partial charge is 0.0108 e. The molecule has 0 radical (unpaired) electrons. The molecule has 1 nitrogen and oxygen atoms in total. The van der Waals surface area contributed by atoms with E-state index in [2.05, 4.69) is 45.0 Å². The van der Waals surface area contributed by atoms with Gasteiger partial charge in [-0.15, -0.1) is 0 Å². The third-order valence-electron chi connectivity index (χ3n) is 4.39. The molecule has 0 saturated heterocycles. The standard InChI is InChI=1S/C16H25N/c1-11(2)14-8-9-16(17)15(10-14)13-6-4-12(3)5-7-13/h4-7,11,14-16H,8-10,17H2,1-3H3. The van der Waals surface area contributed by atoms with Crippen LogP contribution in [-0.2, 0) is 0 Å². The highest BCUT2D eigenvalue weighted by Gasteiger charge is 2.30. The Bertz CT molecular complexity index is 352. The fourth-order valence-electron chi connectivity index (χ4n) is 3.03. The molecule has 1 aromatic rings. The first-order valence-electron chi connectivity index (χ1n) is 6.90. The second-order valence-corrected chi connectivity index (χ2v) is 6.00. The van der Waals surface area contributed by atoms with Gasteiger partial charge < -0.3 is 5.73 Å². The van der Waals surface area contributed by atoms with Crippen LogP contribution in [0.4, 0.5) is 0 Å². The fourth-order valence-corrected chi connectivity index (χ4v) is 3.03. The maximum Gasteiger partial charge on any atom is 0.0108 e.